The van der Waals surface area contributed by atoms with Gasteiger partial charge in [0.05, 0.1) is 29.5 Å². The first-order valence-corrected chi connectivity index (χ1v) is 14.6. The summed E-state index contributed by atoms with van der Waals surface area (Å²) in [6.45, 7) is 7.92. The van der Waals surface area contributed by atoms with Crippen LogP contribution < -0.4 is 0 Å². The van der Waals surface area contributed by atoms with Crippen molar-refractivity contribution >= 4 is 28.4 Å². The molecule has 0 radical (unpaired) electrons. The molecule has 4 aliphatic rings. The molecule has 11 atom stereocenters. The SMILES string of the molecule is C[C@H](CI)CC[C@@H](O)[C@](C)(O)[C@H]1CC[C@@]2(O)C3=CC(=O)[C@@H]4C[C@@H](O)[C@@H](O)C[C@]4(C)[C@H]3CC[C@]12C. The number of hydrogen-bond acceptors (Lipinski definition) is 6. The topological polar surface area (TPSA) is 118 Å². The van der Waals surface area contributed by atoms with Crippen LogP contribution in [0.2, 0.25) is 0 Å². The van der Waals surface area contributed by atoms with E-state index in [4.69, 9.17) is 0 Å². The van der Waals surface area contributed by atoms with E-state index in [0.29, 0.717) is 38.0 Å². The summed E-state index contributed by atoms with van der Waals surface area (Å²) in [7, 11) is 0. The highest BCUT2D eigenvalue weighted by Gasteiger charge is 2.69. The van der Waals surface area contributed by atoms with E-state index >= 15 is 0 Å². The van der Waals surface area contributed by atoms with Crippen LogP contribution >= 0.6 is 22.6 Å². The third-order valence-electron chi connectivity index (χ3n) is 10.7. The molecule has 4 aliphatic carbocycles. The Morgan fingerprint density at radius 3 is 2.47 bits per heavy atom. The minimum atomic E-state index is -1.34. The van der Waals surface area contributed by atoms with Gasteiger partial charge in [0.25, 0.3) is 0 Å². The lowest BCUT2D eigenvalue weighted by Gasteiger charge is -2.60. The molecule has 5 N–H and O–H groups in total. The molecule has 0 aromatic carbocycles. The van der Waals surface area contributed by atoms with Crippen molar-refractivity contribution in [3.63, 3.8) is 0 Å². The number of alkyl halides is 1. The van der Waals surface area contributed by atoms with Gasteiger partial charge in [0.15, 0.2) is 5.78 Å². The van der Waals surface area contributed by atoms with Crippen molar-refractivity contribution in [3.05, 3.63) is 11.6 Å². The van der Waals surface area contributed by atoms with E-state index in [9.17, 15) is 30.3 Å². The van der Waals surface area contributed by atoms with E-state index < -0.39 is 40.3 Å². The summed E-state index contributed by atoms with van der Waals surface area (Å²) < 4.78 is 1.00. The van der Waals surface area contributed by atoms with Gasteiger partial charge in [0.2, 0.25) is 0 Å². The smallest absolute Gasteiger partial charge is 0.159 e. The summed E-state index contributed by atoms with van der Waals surface area (Å²) in [5.74, 6) is -0.297. The lowest BCUT2D eigenvalue weighted by molar-refractivity contribution is -0.176. The summed E-state index contributed by atoms with van der Waals surface area (Å²) in [6, 6.07) is 0. The fourth-order valence-electron chi connectivity index (χ4n) is 8.35. The molecule has 0 amide bonds. The molecule has 0 bridgehead atoms. The molecule has 0 heterocycles. The zero-order valence-corrected chi connectivity index (χ0v) is 23.2. The summed E-state index contributed by atoms with van der Waals surface area (Å²) in [5, 5.41) is 55.6. The van der Waals surface area contributed by atoms with E-state index in [1.807, 2.05) is 13.8 Å². The number of halogens is 1. The van der Waals surface area contributed by atoms with Gasteiger partial charge in [-0.05, 0) is 93.1 Å². The van der Waals surface area contributed by atoms with Crippen molar-refractivity contribution in [3.8, 4) is 0 Å². The number of aliphatic hydroxyl groups excluding tert-OH is 3. The molecule has 34 heavy (non-hydrogen) atoms. The number of hydrogen-bond donors (Lipinski definition) is 5. The highest BCUT2D eigenvalue weighted by Crippen LogP contribution is 2.68. The molecule has 3 saturated carbocycles. The van der Waals surface area contributed by atoms with E-state index in [1.165, 1.54) is 0 Å². The van der Waals surface area contributed by atoms with Crippen LogP contribution in [-0.4, -0.2) is 65.3 Å². The minimum Gasteiger partial charge on any atom is -0.390 e. The first-order valence-electron chi connectivity index (χ1n) is 13.0. The number of carbonyl (C=O) groups is 1. The van der Waals surface area contributed by atoms with Crippen molar-refractivity contribution in [2.45, 2.75) is 109 Å². The van der Waals surface area contributed by atoms with Crippen LogP contribution in [0.3, 0.4) is 0 Å². The molecule has 6 nitrogen and oxygen atoms in total. The largest absolute Gasteiger partial charge is 0.390 e. The van der Waals surface area contributed by atoms with Gasteiger partial charge in [-0.25, -0.2) is 0 Å². The first-order chi connectivity index (χ1) is 15.7. The fraction of sp³-hybridized carbons (Fsp3) is 0.889. The van der Waals surface area contributed by atoms with Crippen LogP contribution in [-0.2, 0) is 4.79 Å². The predicted molar refractivity (Wildman–Crippen MR) is 138 cm³/mol. The lowest BCUT2D eigenvalue weighted by atomic mass is 9.45. The van der Waals surface area contributed by atoms with Crippen molar-refractivity contribution in [1.29, 1.82) is 0 Å². The van der Waals surface area contributed by atoms with Crippen LogP contribution in [0.25, 0.3) is 0 Å². The number of rotatable bonds is 6. The van der Waals surface area contributed by atoms with Gasteiger partial charge in [-0.3, -0.25) is 4.79 Å². The number of fused-ring (bicyclic) bond motifs is 5. The second kappa shape index (κ2) is 9.05. The Labute approximate surface area is 217 Å². The highest BCUT2D eigenvalue weighted by molar-refractivity contribution is 14.1. The zero-order valence-electron chi connectivity index (χ0n) is 21.0. The molecule has 0 aliphatic heterocycles. The zero-order chi connectivity index (χ0) is 25.3. The first kappa shape index (κ1) is 27.0. The van der Waals surface area contributed by atoms with Crippen molar-refractivity contribution < 1.29 is 30.3 Å². The Bertz CT molecular complexity index is 843. The molecule has 7 heteroatoms. The van der Waals surface area contributed by atoms with E-state index in [0.717, 1.165) is 22.8 Å². The Hall–Kier alpha value is -0.0600. The van der Waals surface area contributed by atoms with E-state index in [1.54, 1.807) is 13.0 Å². The summed E-state index contributed by atoms with van der Waals surface area (Å²) in [6.07, 6.45) is 3.41. The maximum absolute atomic E-state index is 13.3. The molecule has 0 saturated heterocycles. The van der Waals surface area contributed by atoms with Crippen LogP contribution in [0, 0.1) is 34.5 Å². The molecular weight excluding hydrogens is 547 g/mol. The predicted octanol–water partition coefficient (Wildman–Crippen LogP) is 3.15. The lowest BCUT2D eigenvalue weighted by Crippen LogP contribution is -2.62. The third-order valence-corrected chi connectivity index (χ3v) is 12.2. The average Bonchev–Trinajstić information content (AvgIpc) is 3.06. The van der Waals surface area contributed by atoms with Gasteiger partial charge in [-0.2, -0.15) is 0 Å². The number of carbonyl (C=O) groups excluding carboxylic acids is 1. The molecule has 3 fully saturated rings. The minimum absolute atomic E-state index is 0.0476. The summed E-state index contributed by atoms with van der Waals surface area (Å²) in [5.41, 5.74) is -2.99. The van der Waals surface area contributed by atoms with Gasteiger partial charge >= 0.3 is 0 Å². The van der Waals surface area contributed by atoms with Crippen LogP contribution in [0.15, 0.2) is 11.6 Å². The highest BCUT2D eigenvalue weighted by atomic mass is 127. The Balaban J connectivity index is 1.65. The van der Waals surface area contributed by atoms with E-state index in [2.05, 4.69) is 29.5 Å². The summed E-state index contributed by atoms with van der Waals surface area (Å²) in [4.78, 5) is 13.3. The van der Waals surface area contributed by atoms with Crippen LogP contribution in [0.5, 0.6) is 0 Å². The molecule has 0 aromatic heterocycles. The number of aliphatic hydroxyl groups is 5. The monoisotopic (exact) mass is 590 g/mol. The van der Waals surface area contributed by atoms with Gasteiger partial charge in [-0.15, -0.1) is 0 Å². The molecule has 0 unspecified atom stereocenters. The quantitative estimate of drug-likeness (QED) is 0.240. The summed E-state index contributed by atoms with van der Waals surface area (Å²) >= 11 is 2.34. The van der Waals surface area contributed by atoms with Crippen molar-refractivity contribution in [2.24, 2.45) is 34.5 Å². The van der Waals surface area contributed by atoms with E-state index in [-0.39, 0.29) is 30.0 Å². The Morgan fingerprint density at radius 2 is 1.82 bits per heavy atom. The Kier molecular flexibility index (Phi) is 7.18. The fourth-order valence-corrected chi connectivity index (χ4v) is 8.79. The van der Waals surface area contributed by atoms with Gasteiger partial charge in [-0.1, -0.05) is 43.4 Å². The standard InChI is InChI=1S/C27H43IO6/c1-15(14-28)5-6-23(32)26(4,33)22-8-10-27(34)17-11-19(29)18-12-20(30)21(31)13-24(18,2)16(17)7-9-25(22,27)3/h11,15-16,18,20-23,30-34H,5-10,12-14H2,1-4H3/t15-,16-,18-,20+,21-,22-,23+,24+,25+,26+,27+/m0/s1. The van der Waals surface area contributed by atoms with Crippen LogP contribution in [0.4, 0.5) is 0 Å². The maximum atomic E-state index is 13.3. The average molecular weight is 591 g/mol. The van der Waals surface area contributed by atoms with Gasteiger partial charge < -0.3 is 25.5 Å². The maximum Gasteiger partial charge on any atom is 0.159 e. The molecule has 0 aromatic rings. The Morgan fingerprint density at radius 1 is 1.15 bits per heavy atom. The van der Waals surface area contributed by atoms with Gasteiger partial charge in [0.1, 0.15) is 0 Å². The van der Waals surface area contributed by atoms with Crippen molar-refractivity contribution in [2.75, 3.05) is 4.43 Å². The number of allylic oxidation sites excluding steroid dienone is 1. The molecule has 0 spiro atoms. The third kappa shape index (κ3) is 3.87. The molecular formula is C27H43IO6. The normalized spacial score (nSPS) is 47.6. The molecule has 4 rings (SSSR count). The number of ketones is 1. The molecule has 194 valence electrons. The van der Waals surface area contributed by atoms with Gasteiger partial charge in [0, 0.05) is 15.8 Å². The van der Waals surface area contributed by atoms with Crippen molar-refractivity contribution in [1.82, 2.24) is 0 Å². The second-order valence-electron chi connectivity index (χ2n) is 12.7. The van der Waals surface area contributed by atoms with Crippen LogP contribution in [0.1, 0.15) is 79.1 Å². The second-order valence-corrected chi connectivity index (χ2v) is 13.6.